The van der Waals surface area contributed by atoms with Crippen LogP contribution in [0.15, 0.2) is 12.2 Å². The van der Waals surface area contributed by atoms with Crippen molar-refractivity contribution in [3.05, 3.63) is 12.2 Å². The Hall–Kier alpha value is -0.300. The maximum absolute atomic E-state index is 3.98. The first-order valence-corrected chi connectivity index (χ1v) is 5.46. The molecule has 0 N–H and O–H groups in total. The van der Waals surface area contributed by atoms with Gasteiger partial charge in [-0.1, -0.05) is 26.0 Å². The fraction of sp³-hybridized carbons (Fsp3) is 0.833. The van der Waals surface area contributed by atoms with Crippen molar-refractivity contribution in [2.24, 2.45) is 11.8 Å². The Morgan fingerprint density at radius 2 is 2.23 bits per heavy atom. The second-order valence-corrected chi connectivity index (χ2v) is 4.84. The minimum absolute atomic E-state index is 0.841. The van der Waals surface area contributed by atoms with Gasteiger partial charge >= 0.3 is 0 Å². The third-order valence-electron chi connectivity index (χ3n) is 2.98. The van der Waals surface area contributed by atoms with Crippen molar-refractivity contribution in [1.82, 2.24) is 4.90 Å². The van der Waals surface area contributed by atoms with Gasteiger partial charge in [0.15, 0.2) is 0 Å². The van der Waals surface area contributed by atoms with Gasteiger partial charge in [-0.2, -0.15) is 0 Å². The van der Waals surface area contributed by atoms with E-state index in [1.165, 1.54) is 31.5 Å². The van der Waals surface area contributed by atoms with Crippen LogP contribution in [-0.4, -0.2) is 24.5 Å². The van der Waals surface area contributed by atoms with Crippen LogP contribution in [0.2, 0.25) is 0 Å². The minimum Gasteiger partial charge on any atom is -0.299 e. The number of piperidine rings is 1. The van der Waals surface area contributed by atoms with E-state index in [0.717, 1.165) is 18.4 Å². The average molecular weight is 181 g/mol. The smallest absolute Gasteiger partial charge is 0.0187 e. The number of nitrogens with zero attached hydrogens (tertiary/aromatic N) is 1. The molecule has 0 aromatic heterocycles. The summed E-state index contributed by atoms with van der Waals surface area (Å²) in [5.41, 5.74) is 1.30. The Kier molecular flexibility index (Phi) is 3.98. The molecule has 0 saturated carbocycles. The molecule has 0 aromatic carbocycles. The molecule has 1 atom stereocenters. The van der Waals surface area contributed by atoms with Crippen molar-refractivity contribution in [2.45, 2.75) is 33.6 Å². The Balaban J connectivity index is 2.37. The molecule has 1 heterocycles. The monoisotopic (exact) mass is 181 g/mol. The molecule has 0 spiro atoms. The molecule has 0 radical (unpaired) electrons. The highest BCUT2D eigenvalue weighted by Crippen LogP contribution is 2.23. The SMILES string of the molecule is C=C(C)CN1CCCC(C(C)C)C1. The number of likely N-dealkylation sites (tertiary alicyclic amines) is 1. The van der Waals surface area contributed by atoms with E-state index < -0.39 is 0 Å². The number of hydrogen-bond donors (Lipinski definition) is 0. The van der Waals surface area contributed by atoms with Gasteiger partial charge < -0.3 is 0 Å². The van der Waals surface area contributed by atoms with Gasteiger partial charge in [-0.3, -0.25) is 4.90 Å². The molecule has 1 rings (SSSR count). The van der Waals surface area contributed by atoms with Crippen LogP contribution in [0.3, 0.4) is 0 Å². The molecular formula is C12H23N. The summed E-state index contributed by atoms with van der Waals surface area (Å²) >= 11 is 0. The lowest BCUT2D eigenvalue weighted by Crippen LogP contribution is -2.38. The van der Waals surface area contributed by atoms with Gasteiger partial charge in [0.25, 0.3) is 0 Å². The van der Waals surface area contributed by atoms with Gasteiger partial charge in [-0.05, 0) is 38.1 Å². The van der Waals surface area contributed by atoms with E-state index in [1.807, 2.05) is 0 Å². The summed E-state index contributed by atoms with van der Waals surface area (Å²) in [5.74, 6) is 1.75. The fourth-order valence-electron chi connectivity index (χ4n) is 2.16. The Morgan fingerprint density at radius 3 is 2.77 bits per heavy atom. The molecule has 1 saturated heterocycles. The summed E-state index contributed by atoms with van der Waals surface area (Å²) in [6, 6.07) is 0. The van der Waals surface area contributed by atoms with Crippen molar-refractivity contribution >= 4 is 0 Å². The first kappa shape index (κ1) is 10.8. The Morgan fingerprint density at radius 1 is 1.54 bits per heavy atom. The average Bonchev–Trinajstić information content (AvgIpc) is 2.03. The lowest BCUT2D eigenvalue weighted by Gasteiger charge is -2.34. The molecule has 1 heteroatoms. The first-order chi connectivity index (χ1) is 6.09. The molecule has 1 fully saturated rings. The van der Waals surface area contributed by atoms with Crippen LogP contribution in [0.1, 0.15) is 33.6 Å². The standard InChI is InChI=1S/C12H23N/c1-10(2)8-13-7-5-6-12(9-13)11(3)4/h11-12H,1,5-9H2,2-4H3. The normalized spacial score (nSPS) is 25.1. The number of rotatable bonds is 3. The molecular weight excluding hydrogens is 158 g/mol. The zero-order chi connectivity index (χ0) is 9.84. The predicted octanol–water partition coefficient (Wildman–Crippen LogP) is 2.93. The van der Waals surface area contributed by atoms with Crippen molar-refractivity contribution in [1.29, 1.82) is 0 Å². The summed E-state index contributed by atoms with van der Waals surface area (Å²) in [5, 5.41) is 0. The van der Waals surface area contributed by atoms with Gasteiger partial charge in [-0.15, -0.1) is 0 Å². The zero-order valence-corrected chi connectivity index (χ0v) is 9.34. The summed E-state index contributed by atoms with van der Waals surface area (Å²) in [6.45, 7) is 14.4. The zero-order valence-electron chi connectivity index (χ0n) is 9.34. The highest BCUT2D eigenvalue weighted by molar-refractivity contribution is 4.93. The van der Waals surface area contributed by atoms with Crippen molar-refractivity contribution in [2.75, 3.05) is 19.6 Å². The highest BCUT2D eigenvalue weighted by Gasteiger charge is 2.21. The summed E-state index contributed by atoms with van der Waals surface area (Å²) in [6.07, 6.45) is 2.79. The molecule has 1 aliphatic heterocycles. The van der Waals surface area contributed by atoms with Crippen molar-refractivity contribution < 1.29 is 0 Å². The van der Waals surface area contributed by atoms with Crippen LogP contribution in [0.4, 0.5) is 0 Å². The van der Waals surface area contributed by atoms with E-state index in [4.69, 9.17) is 0 Å². The highest BCUT2D eigenvalue weighted by atomic mass is 15.1. The van der Waals surface area contributed by atoms with Crippen LogP contribution in [0.25, 0.3) is 0 Å². The molecule has 0 aliphatic carbocycles. The minimum atomic E-state index is 0.841. The van der Waals surface area contributed by atoms with Crippen molar-refractivity contribution in [3.8, 4) is 0 Å². The fourth-order valence-corrected chi connectivity index (χ4v) is 2.16. The lowest BCUT2D eigenvalue weighted by molar-refractivity contribution is 0.156. The second kappa shape index (κ2) is 4.80. The van der Waals surface area contributed by atoms with Crippen LogP contribution in [0, 0.1) is 11.8 Å². The molecule has 0 bridgehead atoms. The van der Waals surface area contributed by atoms with Gasteiger partial charge in [0.05, 0.1) is 0 Å². The van der Waals surface area contributed by atoms with Gasteiger partial charge in [0.2, 0.25) is 0 Å². The van der Waals surface area contributed by atoms with Crippen LogP contribution in [0.5, 0.6) is 0 Å². The largest absolute Gasteiger partial charge is 0.299 e. The maximum Gasteiger partial charge on any atom is 0.0187 e. The van der Waals surface area contributed by atoms with Gasteiger partial charge in [0.1, 0.15) is 0 Å². The molecule has 13 heavy (non-hydrogen) atoms. The van der Waals surface area contributed by atoms with E-state index in [9.17, 15) is 0 Å². The molecule has 0 aromatic rings. The second-order valence-electron chi connectivity index (χ2n) is 4.84. The lowest BCUT2D eigenvalue weighted by atomic mass is 9.88. The first-order valence-electron chi connectivity index (χ1n) is 5.46. The topological polar surface area (TPSA) is 3.24 Å². The maximum atomic E-state index is 3.98. The van der Waals surface area contributed by atoms with Gasteiger partial charge in [-0.25, -0.2) is 0 Å². The third-order valence-corrected chi connectivity index (χ3v) is 2.98. The quantitative estimate of drug-likeness (QED) is 0.605. The van der Waals surface area contributed by atoms with E-state index >= 15 is 0 Å². The van der Waals surface area contributed by atoms with E-state index in [-0.39, 0.29) is 0 Å². The summed E-state index contributed by atoms with van der Waals surface area (Å²) in [7, 11) is 0. The summed E-state index contributed by atoms with van der Waals surface area (Å²) in [4.78, 5) is 2.55. The molecule has 1 unspecified atom stereocenters. The molecule has 1 aliphatic rings. The van der Waals surface area contributed by atoms with Crippen LogP contribution < -0.4 is 0 Å². The molecule has 1 nitrogen and oxygen atoms in total. The Bertz CT molecular complexity index is 172. The van der Waals surface area contributed by atoms with Crippen molar-refractivity contribution in [3.63, 3.8) is 0 Å². The third kappa shape index (κ3) is 3.51. The van der Waals surface area contributed by atoms with E-state index in [2.05, 4.69) is 32.3 Å². The van der Waals surface area contributed by atoms with E-state index in [0.29, 0.717) is 0 Å². The molecule has 76 valence electrons. The van der Waals surface area contributed by atoms with E-state index in [1.54, 1.807) is 0 Å². The van der Waals surface area contributed by atoms with Crippen LogP contribution in [-0.2, 0) is 0 Å². The van der Waals surface area contributed by atoms with Crippen LogP contribution >= 0.6 is 0 Å². The number of hydrogen-bond acceptors (Lipinski definition) is 1. The van der Waals surface area contributed by atoms with Gasteiger partial charge in [0, 0.05) is 13.1 Å². The summed E-state index contributed by atoms with van der Waals surface area (Å²) < 4.78 is 0. The predicted molar refractivity (Wildman–Crippen MR) is 58.8 cm³/mol. The Labute approximate surface area is 82.8 Å². The molecule has 0 amide bonds.